The first-order valence-corrected chi connectivity index (χ1v) is 11.1. The number of ether oxygens (including phenoxy) is 2. The summed E-state index contributed by atoms with van der Waals surface area (Å²) >= 11 is 0. The molecule has 0 saturated carbocycles. The quantitative estimate of drug-likeness (QED) is 0.242. The van der Waals surface area contributed by atoms with Crippen LogP contribution in [0.2, 0.25) is 0 Å². The molecule has 0 saturated heterocycles. The van der Waals surface area contributed by atoms with Crippen molar-refractivity contribution in [3.8, 4) is 17.2 Å². The highest BCUT2D eigenvalue weighted by atomic mass is 16.5. The second kappa shape index (κ2) is 9.03. The highest BCUT2D eigenvalue weighted by Gasteiger charge is 2.17. The van der Waals surface area contributed by atoms with E-state index in [1.807, 2.05) is 49.4 Å². The van der Waals surface area contributed by atoms with Crippen molar-refractivity contribution in [2.75, 3.05) is 13.2 Å². The summed E-state index contributed by atoms with van der Waals surface area (Å²) in [4.78, 5) is 16.2. The molecule has 1 aromatic heterocycles. The Morgan fingerprint density at radius 1 is 1.06 bits per heavy atom. The summed E-state index contributed by atoms with van der Waals surface area (Å²) in [5.41, 5.74) is 3.88. The Hall–Kier alpha value is -3.34. The molecule has 0 atom stereocenters. The van der Waals surface area contributed by atoms with Gasteiger partial charge in [-0.1, -0.05) is 39.0 Å². The molecule has 0 amide bonds. The Kier molecular flexibility index (Phi) is 6.17. The highest BCUT2D eigenvalue weighted by molar-refractivity contribution is 5.96. The van der Waals surface area contributed by atoms with Crippen molar-refractivity contribution in [2.45, 2.75) is 46.0 Å². The lowest BCUT2D eigenvalue weighted by Gasteiger charge is -2.18. The molecule has 4 aromatic rings. The third-order valence-electron chi connectivity index (χ3n) is 5.44. The molecule has 166 valence electrons. The second-order valence-corrected chi connectivity index (χ2v) is 8.90. The molecule has 0 unspecified atom stereocenters. The van der Waals surface area contributed by atoms with E-state index in [1.165, 1.54) is 5.56 Å². The fourth-order valence-electron chi connectivity index (χ4n) is 3.69. The van der Waals surface area contributed by atoms with E-state index in [1.54, 1.807) is 0 Å². The van der Waals surface area contributed by atoms with Crippen molar-refractivity contribution in [2.24, 2.45) is 0 Å². The van der Waals surface area contributed by atoms with Crippen LogP contribution in [0.15, 0.2) is 59.0 Å². The van der Waals surface area contributed by atoms with Gasteiger partial charge in [0.1, 0.15) is 11.3 Å². The summed E-state index contributed by atoms with van der Waals surface area (Å²) in [5.74, 6) is 1.19. The van der Waals surface area contributed by atoms with Gasteiger partial charge >= 0.3 is 5.97 Å². The van der Waals surface area contributed by atoms with Gasteiger partial charge in [-0.25, -0.2) is 4.98 Å². The highest BCUT2D eigenvalue weighted by Crippen LogP contribution is 2.33. The van der Waals surface area contributed by atoms with Crippen molar-refractivity contribution < 1.29 is 18.7 Å². The first kappa shape index (κ1) is 21.9. The molecule has 0 aliphatic heterocycles. The van der Waals surface area contributed by atoms with Crippen LogP contribution < -0.4 is 4.74 Å². The summed E-state index contributed by atoms with van der Waals surface area (Å²) in [6, 6.07) is 18.3. The first-order valence-electron chi connectivity index (χ1n) is 11.1. The molecular formula is C27H29NO4. The van der Waals surface area contributed by atoms with Crippen molar-refractivity contribution in [3.63, 3.8) is 0 Å². The Labute approximate surface area is 188 Å². The Bertz CT molecular complexity index is 1250. The molecule has 0 aliphatic rings. The Balaban J connectivity index is 1.56. The van der Waals surface area contributed by atoms with E-state index in [0.29, 0.717) is 31.9 Å². The summed E-state index contributed by atoms with van der Waals surface area (Å²) in [7, 11) is 0. The molecule has 0 radical (unpaired) electrons. The lowest BCUT2D eigenvalue weighted by molar-refractivity contribution is -0.143. The molecule has 0 fully saturated rings. The predicted octanol–water partition coefficient (Wildman–Crippen LogP) is 6.67. The number of benzene rings is 3. The maximum absolute atomic E-state index is 11.4. The number of carbonyl (C=O) groups excluding carboxylic acids is 1. The maximum atomic E-state index is 11.4. The molecule has 0 spiro atoms. The summed E-state index contributed by atoms with van der Waals surface area (Å²) in [5, 5.41) is 2.09. The molecule has 3 aromatic carbocycles. The van der Waals surface area contributed by atoms with Crippen LogP contribution in [0, 0.1) is 0 Å². The van der Waals surface area contributed by atoms with E-state index in [2.05, 4.69) is 32.9 Å². The molecule has 5 nitrogen and oxygen atoms in total. The summed E-state index contributed by atoms with van der Waals surface area (Å²) in [6.45, 7) is 9.25. The fraction of sp³-hybridized carbons (Fsp3) is 0.333. The standard InChI is InChI=1S/C27H29NO4/c1-5-30-25(29)10-7-15-31-20-12-13-21-18(16-20)8-6-9-22(21)26-28-23-17-19(27(2,3)4)11-14-24(23)32-26/h6,8-9,11-14,16-17H,5,7,10,15H2,1-4H3. The van der Waals surface area contributed by atoms with E-state index in [9.17, 15) is 4.79 Å². The number of hydrogen-bond acceptors (Lipinski definition) is 5. The SMILES string of the molecule is CCOC(=O)CCCOc1ccc2c(-c3nc4cc(C(C)(C)C)ccc4o3)cccc2c1. The van der Waals surface area contributed by atoms with Gasteiger partial charge in [0.2, 0.25) is 5.89 Å². The van der Waals surface area contributed by atoms with Crippen LogP contribution in [0.4, 0.5) is 0 Å². The van der Waals surface area contributed by atoms with Crippen LogP contribution in [0.1, 0.15) is 46.1 Å². The zero-order valence-electron chi connectivity index (χ0n) is 19.1. The average molecular weight is 432 g/mol. The van der Waals surface area contributed by atoms with E-state index < -0.39 is 0 Å². The minimum absolute atomic E-state index is 0.0550. The van der Waals surface area contributed by atoms with Crippen LogP contribution >= 0.6 is 0 Å². The van der Waals surface area contributed by atoms with Gasteiger partial charge in [-0.2, -0.15) is 0 Å². The van der Waals surface area contributed by atoms with Crippen LogP contribution in [0.25, 0.3) is 33.3 Å². The van der Waals surface area contributed by atoms with Gasteiger partial charge < -0.3 is 13.9 Å². The number of hydrogen-bond donors (Lipinski definition) is 0. The second-order valence-electron chi connectivity index (χ2n) is 8.90. The van der Waals surface area contributed by atoms with Gasteiger partial charge in [0.05, 0.1) is 13.2 Å². The Morgan fingerprint density at radius 2 is 1.91 bits per heavy atom. The maximum Gasteiger partial charge on any atom is 0.305 e. The number of esters is 1. The van der Waals surface area contributed by atoms with Crippen molar-refractivity contribution in [3.05, 3.63) is 60.2 Å². The lowest BCUT2D eigenvalue weighted by atomic mass is 9.87. The van der Waals surface area contributed by atoms with E-state index in [0.717, 1.165) is 33.2 Å². The summed E-state index contributed by atoms with van der Waals surface area (Å²) < 4.78 is 16.9. The normalized spacial score (nSPS) is 11.8. The third-order valence-corrected chi connectivity index (χ3v) is 5.44. The molecule has 5 heteroatoms. The fourth-order valence-corrected chi connectivity index (χ4v) is 3.69. The molecule has 0 bridgehead atoms. The molecule has 0 N–H and O–H groups in total. The lowest BCUT2D eigenvalue weighted by Crippen LogP contribution is -2.10. The summed E-state index contributed by atoms with van der Waals surface area (Å²) in [6.07, 6.45) is 0.983. The number of nitrogens with zero attached hydrogens (tertiary/aromatic N) is 1. The number of oxazole rings is 1. The zero-order chi connectivity index (χ0) is 22.7. The Morgan fingerprint density at radius 3 is 2.69 bits per heavy atom. The van der Waals surface area contributed by atoms with Gasteiger partial charge in [-0.05, 0) is 71.5 Å². The van der Waals surface area contributed by atoms with Gasteiger partial charge in [-0.15, -0.1) is 0 Å². The van der Waals surface area contributed by atoms with Crippen LogP contribution in [0.5, 0.6) is 5.75 Å². The zero-order valence-corrected chi connectivity index (χ0v) is 19.1. The van der Waals surface area contributed by atoms with Crippen LogP contribution in [-0.2, 0) is 14.9 Å². The molecule has 32 heavy (non-hydrogen) atoms. The minimum atomic E-state index is -0.188. The first-order chi connectivity index (χ1) is 15.3. The van der Waals surface area contributed by atoms with E-state index >= 15 is 0 Å². The van der Waals surface area contributed by atoms with Crippen molar-refractivity contribution in [1.82, 2.24) is 4.98 Å². The van der Waals surface area contributed by atoms with Gasteiger partial charge in [-0.3, -0.25) is 4.79 Å². The average Bonchev–Trinajstić information content (AvgIpc) is 3.19. The van der Waals surface area contributed by atoms with Crippen LogP contribution in [0.3, 0.4) is 0 Å². The number of carbonyl (C=O) groups is 1. The number of rotatable bonds is 7. The number of fused-ring (bicyclic) bond motifs is 2. The smallest absolute Gasteiger partial charge is 0.305 e. The molecule has 4 rings (SSSR count). The van der Waals surface area contributed by atoms with E-state index in [4.69, 9.17) is 18.9 Å². The van der Waals surface area contributed by atoms with Crippen LogP contribution in [-0.4, -0.2) is 24.2 Å². The van der Waals surface area contributed by atoms with E-state index in [-0.39, 0.29) is 11.4 Å². The van der Waals surface area contributed by atoms with Gasteiger partial charge in [0.15, 0.2) is 5.58 Å². The number of aromatic nitrogens is 1. The minimum Gasteiger partial charge on any atom is -0.494 e. The third kappa shape index (κ3) is 4.77. The van der Waals surface area contributed by atoms with Gasteiger partial charge in [0.25, 0.3) is 0 Å². The predicted molar refractivity (Wildman–Crippen MR) is 127 cm³/mol. The molecule has 1 heterocycles. The molecule has 0 aliphatic carbocycles. The largest absolute Gasteiger partial charge is 0.494 e. The topological polar surface area (TPSA) is 61.6 Å². The van der Waals surface area contributed by atoms with Gasteiger partial charge in [0, 0.05) is 12.0 Å². The molecular weight excluding hydrogens is 402 g/mol. The van der Waals surface area contributed by atoms with Crippen molar-refractivity contribution >= 4 is 27.8 Å². The monoisotopic (exact) mass is 431 g/mol. The van der Waals surface area contributed by atoms with Crippen molar-refractivity contribution in [1.29, 1.82) is 0 Å².